The fraction of sp³-hybridized carbons (Fsp3) is 0.211. The van der Waals surface area contributed by atoms with Crippen molar-refractivity contribution in [2.75, 3.05) is 7.11 Å². The molecule has 0 fully saturated rings. The Balaban J connectivity index is 2.17. The fourth-order valence-electron chi connectivity index (χ4n) is 2.22. The Bertz CT molecular complexity index is 692. The van der Waals surface area contributed by atoms with E-state index in [0.29, 0.717) is 5.06 Å². The van der Waals surface area contributed by atoms with Gasteiger partial charge in [0.15, 0.2) is 0 Å². The van der Waals surface area contributed by atoms with Crippen molar-refractivity contribution in [3.63, 3.8) is 0 Å². The van der Waals surface area contributed by atoms with Crippen LogP contribution in [0.4, 0.5) is 0 Å². The van der Waals surface area contributed by atoms with Gasteiger partial charge in [-0.2, -0.15) is 0 Å². The van der Waals surface area contributed by atoms with Gasteiger partial charge >= 0.3 is 0 Å². The molecule has 0 aliphatic heterocycles. The van der Waals surface area contributed by atoms with Crippen LogP contribution >= 0.6 is 0 Å². The summed E-state index contributed by atoms with van der Waals surface area (Å²) in [5.74, 6) is 0.444. The summed E-state index contributed by atoms with van der Waals surface area (Å²) in [4.78, 5) is 11.1. The zero-order valence-electron chi connectivity index (χ0n) is 13.6. The van der Waals surface area contributed by atoms with E-state index < -0.39 is 0 Å². The normalized spacial score (nSPS) is 12.2. The van der Waals surface area contributed by atoms with Crippen molar-refractivity contribution in [1.82, 2.24) is 5.06 Å². The molecule has 0 aliphatic rings. The second kappa shape index (κ2) is 7.61. The van der Waals surface area contributed by atoms with Crippen LogP contribution in [0.15, 0.2) is 54.6 Å². The molecule has 1 amide bonds. The van der Waals surface area contributed by atoms with E-state index in [9.17, 15) is 10.0 Å². The molecule has 0 aromatic heterocycles. The van der Waals surface area contributed by atoms with Crippen molar-refractivity contribution >= 4 is 12.0 Å². The molecule has 0 heterocycles. The van der Waals surface area contributed by atoms with Gasteiger partial charge in [-0.05, 0) is 41.8 Å². The van der Waals surface area contributed by atoms with Crippen LogP contribution in [0.2, 0.25) is 0 Å². The highest BCUT2D eigenvalue weighted by Crippen LogP contribution is 2.23. The molecule has 2 aromatic carbocycles. The molecule has 120 valence electrons. The third kappa shape index (κ3) is 4.44. The van der Waals surface area contributed by atoms with Crippen molar-refractivity contribution in [3.05, 3.63) is 60.2 Å². The molecule has 0 saturated heterocycles. The maximum atomic E-state index is 11.1. The Hall–Kier alpha value is -2.59. The van der Waals surface area contributed by atoms with Gasteiger partial charge in [0.2, 0.25) is 5.91 Å². The molecule has 1 atom stereocenters. The van der Waals surface area contributed by atoms with Crippen LogP contribution in [0.3, 0.4) is 0 Å². The SMILES string of the molecule is COc1ccc(-c2cccc(/C=C/[C@H](C)N(O)C(C)=O)c2)cc1. The Morgan fingerprint density at radius 2 is 1.87 bits per heavy atom. The molecule has 0 spiro atoms. The number of hydrogen-bond acceptors (Lipinski definition) is 3. The van der Waals surface area contributed by atoms with E-state index in [1.807, 2.05) is 48.5 Å². The summed E-state index contributed by atoms with van der Waals surface area (Å²) in [7, 11) is 1.65. The first-order valence-corrected chi connectivity index (χ1v) is 7.42. The zero-order chi connectivity index (χ0) is 16.8. The number of hydroxylamine groups is 2. The summed E-state index contributed by atoms with van der Waals surface area (Å²) >= 11 is 0. The predicted octanol–water partition coefficient (Wildman–Crippen LogP) is 4.00. The summed E-state index contributed by atoms with van der Waals surface area (Å²) in [6.07, 6.45) is 3.68. The first kappa shape index (κ1) is 16.8. The number of benzene rings is 2. The molecule has 1 N–H and O–H groups in total. The molecular weight excluding hydrogens is 290 g/mol. The number of hydrogen-bond donors (Lipinski definition) is 1. The molecule has 23 heavy (non-hydrogen) atoms. The van der Waals surface area contributed by atoms with Crippen molar-refractivity contribution < 1.29 is 14.7 Å². The molecule has 0 aliphatic carbocycles. The minimum absolute atomic E-state index is 0.378. The fourth-order valence-corrected chi connectivity index (χ4v) is 2.22. The third-order valence-corrected chi connectivity index (χ3v) is 3.59. The quantitative estimate of drug-likeness (QED) is 0.670. The second-order valence-corrected chi connectivity index (χ2v) is 5.32. The number of rotatable bonds is 5. The van der Waals surface area contributed by atoms with Gasteiger partial charge in [0.05, 0.1) is 13.2 Å². The number of amides is 1. The van der Waals surface area contributed by atoms with Gasteiger partial charge in [0.25, 0.3) is 0 Å². The van der Waals surface area contributed by atoms with Gasteiger partial charge in [0.1, 0.15) is 5.75 Å². The standard InChI is InChI=1S/C19H21NO3/c1-14(20(22)15(2)21)7-8-16-5-4-6-18(13-16)17-9-11-19(23-3)12-10-17/h4-14,22H,1-3H3/b8-7+/t14-/m0/s1. The van der Waals surface area contributed by atoms with Crippen molar-refractivity contribution in [1.29, 1.82) is 0 Å². The number of carbonyl (C=O) groups is 1. The van der Waals surface area contributed by atoms with Gasteiger partial charge in [0, 0.05) is 6.92 Å². The highest BCUT2D eigenvalue weighted by Gasteiger charge is 2.10. The molecule has 2 aromatic rings. The summed E-state index contributed by atoms with van der Waals surface area (Å²) in [5, 5.41) is 10.3. The van der Waals surface area contributed by atoms with Crippen molar-refractivity contribution in [2.24, 2.45) is 0 Å². The van der Waals surface area contributed by atoms with Crippen LogP contribution in [0.5, 0.6) is 5.75 Å². The lowest BCUT2D eigenvalue weighted by atomic mass is 10.0. The van der Waals surface area contributed by atoms with Gasteiger partial charge in [-0.1, -0.05) is 42.5 Å². The zero-order valence-corrected chi connectivity index (χ0v) is 13.6. The average Bonchev–Trinajstić information content (AvgIpc) is 2.59. The number of ether oxygens (including phenoxy) is 1. The lowest BCUT2D eigenvalue weighted by molar-refractivity contribution is -0.167. The lowest BCUT2D eigenvalue weighted by Gasteiger charge is -2.17. The Morgan fingerprint density at radius 1 is 1.17 bits per heavy atom. The van der Waals surface area contributed by atoms with Crippen LogP contribution in [0.1, 0.15) is 19.4 Å². The topological polar surface area (TPSA) is 49.8 Å². The molecule has 4 nitrogen and oxygen atoms in total. The van der Waals surface area contributed by atoms with E-state index in [0.717, 1.165) is 22.4 Å². The van der Waals surface area contributed by atoms with E-state index in [1.165, 1.54) is 6.92 Å². The van der Waals surface area contributed by atoms with Gasteiger partial charge in [-0.25, -0.2) is 5.06 Å². The number of carbonyl (C=O) groups excluding carboxylic acids is 1. The van der Waals surface area contributed by atoms with Crippen molar-refractivity contribution in [3.8, 4) is 16.9 Å². The Labute approximate surface area is 136 Å². The molecule has 0 saturated carbocycles. The van der Waals surface area contributed by atoms with Crippen LogP contribution in [-0.4, -0.2) is 29.3 Å². The number of methoxy groups -OCH3 is 1. The Kier molecular flexibility index (Phi) is 5.55. The van der Waals surface area contributed by atoms with Gasteiger partial charge < -0.3 is 4.74 Å². The summed E-state index contributed by atoms with van der Waals surface area (Å²) in [5.41, 5.74) is 3.19. The first-order chi connectivity index (χ1) is 11.0. The minimum atomic E-state index is -0.380. The maximum Gasteiger partial charge on any atom is 0.243 e. The Morgan fingerprint density at radius 3 is 2.48 bits per heavy atom. The molecular formula is C19H21NO3. The highest BCUT2D eigenvalue weighted by molar-refractivity contribution is 5.73. The largest absolute Gasteiger partial charge is 0.497 e. The van der Waals surface area contributed by atoms with E-state index in [-0.39, 0.29) is 11.9 Å². The molecule has 2 rings (SSSR count). The lowest BCUT2D eigenvalue weighted by Crippen LogP contribution is -2.32. The molecule has 0 bridgehead atoms. The predicted molar refractivity (Wildman–Crippen MR) is 91.2 cm³/mol. The monoisotopic (exact) mass is 311 g/mol. The average molecular weight is 311 g/mol. The third-order valence-electron chi connectivity index (χ3n) is 3.59. The molecule has 0 radical (unpaired) electrons. The molecule has 0 unspecified atom stereocenters. The van der Waals surface area contributed by atoms with Crippen LogP contribution in [0.25, 0.3) is 17.2 Å². The molecule has 4 heteroatoms. The number of nitrogens with zero attached hydrogens (tertiary/aromatic N) is 1. The van der Waals surface area contributed by atoms with Gasteiger partial charge in [-0.15, -0.1) is 0 Å². The van der Waals surface area contributed by atoms with Crippen LogP contribution < -0.4 is 4.74 Å². The summed E-state index contributed by atoms with van der Waals surface area (Å²) < 4.78 is 5.17. The second-order valence-electron chi connectivity index (χ2n) is 5.32. The van der Waals surface area contributed by atoms with Crippen molar-refractivity contribution in [2.45, 2.75) is 19.9 Å². The summed E-state index contributed by atoms with van der Waals surface area (Å²) in [6, 6.07) is 15.5. The van der Waals surface area contributed by atoms with E-state index >= 15 is 0 Å². The maximum absolute atomic E-state index is 11.1. The van der Waals surface area contributed by atoms with E-state index in [2.05, 4.69) is 6.07 Å². The van der Waals surface area contributed by atoms with Crippen LogP contribution in [-0.2, 0) is 4.79 Å². The summed E-state index contributed by atoms with van der Waals surface area (Å²) in [6.45, 7) is 3.08. The van der Waals surface area contributed by atoms with Crippen LogP contribution in [0, 0.1) is 0 Å². The first-order valence-electron chi connectivity index (χ1n) is 7.42. The minimum Gasteiger partial charge on any atom is -0.497 e. The van der Waals surface area contributed by atoms with E-state index in [4.69, 9.17) is 4.74 Å². The van der Waals surface area contributed by atoms with Gasteiger partial charge in [-0.3, -0.25) is 10.0 Å². The smallest absolute Gasteiger partial charge is 0.243 e. The van der Waals surface area contributed by atoms with E-state index in [1.54, 1.807) is 20.1 Å². The highest BCUT2D eigenvalue weighted by atomic mass is 16.5.